The molecular formula is C18H18ClN5S. The fraction of sp³-hybridized carbons (Fsp3) is 0.333. The number of anilines is 1. The van der Waals surface area contributed by atoms with Crippen LogP contribution in [0.5, 0.6) is 0 Å². The van der Waals surface area contributed by atoms with E-state index < -0.39 is 0 Å². The number of thiophene rings is 1. The van der Waals surface area contributed by atoms with Gasteiger partial charge in [-0.05, 0) is 60.4 Å². The average molecular weight is 372 g/mol. The Balaban J connectivity index is 1.80. The minimum atomic E-state index is 0.181. The fourth-order valence-corrected chi connectivity index (χ4v) is 4.00. The van der Waals surface area contributed by atoms with Gasteiger partial charge >= 0.3 is 0 Å². The van der Waals surface area contributed by atoms with Crippen molar-refractivity contribution in [2.75, 3.05) is 5.32 Å². The number of nitrogens with two attached hydrogens (primary N) is 1. The van der Waals surface area contributed by atoms with Crippen molar-refractivity contribution in [1.82, 2.24) is 14.6 Å². The standard InChI is InChI=1S/C18H18ClN5S/c1-2-4-15-13(12-6-7-14(12)20)9-16-17(22-18(19)23-24(15)16)21-10-11-5-3-8-25-11/h3,5,8-9,12,14H,6-7,10,20H2,1H3,(H,21,22,23)/t12-,14+/m1/s1. The van der Waals surface area contributed by atoms with E-state index in [9.17, 15) is 0 Å². The van der Waals surface area contributed by atoms with E-state index in [1.807, 2.05) is 13.0 Å². The molecular weight excluding hydrogens is 354 g/mol. The molecule has 0 saturated heterocycles. The van der Waals surface area contributed by atoms with E-state index in [0.717, 1.165) is 29.6 Å². The van der Waals surface area contributed by atoms with Gasteiger partial charge < -0.3 is 11.1 Å². The van der Waals surface area contributed by atoms with E-state index in [2.05, 4.69) is 44.8 Å². The lowest BCUT2D eigenvalue weighted by molar-refractivity contribution is 0.346. The van der Waals surface area contributed by atoms with Crippen LogP contribution in [0.1, 0.15) is 41.8 Å². The van der Waals surface area contributed by atoms with Crippen LogP contribution in [0.25, 0.3) is 5.52 Å². The van der Waals surface area contributed by atoms with E-state index in [1.54, 1.807) is 15.9 Å². The van der Waals surface area contributed by atoms with Crippen LogP contribution in [0.15, 0.2) is 23.6 Å². The molecule has 0 bridgehead atoms. The third-order valence-corrected chi connectivity index (χ3v) is 5.65. The predicted molar refractivity (Wildman–Crippen MR) is 102 cm³/mol. The van der Waals surface area contributed by atoms with Gasteiger partial charge in [0, 0.05) is 16.8 Å². The number of hydrogen-bond acceptors (Lipinski definition) is 5. The van der Waals surface area contributed by atoms with Crippen LogP contribution in [-0.2, 0) is 6.54 Å². The van der Waals surface area contributed by atoms with E-state index in [-0.39, 0.29) is 11.3 Å². The molecule has 1 aliphatic rings. The molecule has 5 nitrogen and oxygen atoms in total. The van der Waals surface area contributed by atoms with Crippen LogP contribution >= 0.6 is 22.9 Å². The molecule has 1 fully saturated rings. The monoisotopic (exact) mass is 371 g/mol. The zero-order valence-electron chi connectivity index (χ0n) is 13.8. The summed E-state index contributed by atoms with van der Waals surface area (Å²) in [7, 11) is 0. The van der Waals surface area contributed by atoms with Gasteiger partial charge in [0.2, 0.25) is 5.28 Å². The summed E-state index contributed by atoms with van der Waals surface area (Å²) in [6.07, 6.45) is 2.13. The van der Waals surface area contributed by atoms with E-state index in [1.165, 1.54) is 4.88 Å². The highest BCUT2D eigenvalue weighted by Crippen LogP contribution is 2.39. The second-order valence-electron chi connectivity index (χ2n) is 6.13. The minimum absolute atomic E-state index is 0.181. The predicted octanol–water partition coefficient (Wildman–Crippen LogP) is 3.63. The van der Waals surface area contributed by atoms with Gasteiger partial charge in [-0.15, -0.1) is 16.4 Å². The number of aromatic nitrogens is 3. The van der Waals surface area contributed by atoms with Crippen molar-refractivity contribution in [2.45, 2.75) is 38.3 Å². The van der Waals surface area contributed by atoms with Crippen LogP contribution in [0, 0.1) is 11.8 Å². The van der Waals surface area contributed by atoms with Gasteiger partial charge in [-0.1, -0.05) is 12.0 Å². The maximum atomic E-state index is 6.20. The van der Waals surface area contributed by atoms with Crippen molar-refractivity contribution in [3.8, 4) is 11.8 Å². The van der Waals surface area contributed by atoms with Crippen LogP contribution in [0.3, 0.4) is 0 Å². The summed E-state index contributed by atoms with van der Waals surface area (Å²) in [6, 6.07) is 6.41. The zero-order valence-corrected chi connectivity index (χ0v) is 15.4. The second kappa shape index (κ2) is 6.68. The molecule has 0 aromatic carbocycles. The SMILES string of the molecule is CC#Cc1c([C@H]2CC[C@@H]2N)cc2c(NCc3cccs3)nc(Cl)nn12. The molecule has 3 N–H and O–H groups in total. The number of fused-ring (bicyclic) bond motifs is 1. The highest BCUT2D eigenvalue weighted by Gasteiger charge is 2.32. The van der Waals surface area contributed by atoms with Gasteiger partial charge in [0.15, 0.2) is 5.82 Å². The molecule has 2 atom stereocenters. The van der Waals surface area contributed by atoms with Gasteiger partial charge in [-0.3, -0.25) is 0 Å². The number of halogens is 1. The van der Waals surface area contributed by atoms with Gasteiger partial charge in [0.05, 0.1) is 6.54 Å². The Bertz CT molecular complexity index is 967. The Kier molecular flexibility index (Phi) is 4.38. The summed E-state index contributed by atoms with van der Waals surface area (Å²) in [5.74, 6) is 7.19. The van der Waals surface area contributed by atoms with Gasteiger partial charge in [0.1, 0.15) is 11.2 Å². The smallest absolute Gasteiger partial charge is 0.243 e. The number of nitrogens with zero attached hydrogens (tertiary/aromatic N) is 3. The van der Waals surface area contributed by atoms with Crippen molar-refractivity contribution < 1.29 is 0 Å². The Hall–Kier alpha value is -2.07. The number of nitrogens with one attached hydrogen (secondary N) is 1. The van der Waals surface area contributed by atoms with Crippen LogP contribution in [-0.4, -0.2) is 20.6 Å². The molecule has 0 amide bonds. The van der Waals surface area contributed by atoms with Gasteiger partial charge in [0.25, 0.3) is 0 Å². The number of rotatable bonds is 4. The third-order valence-electron chi connectivity index (χ3n) is 4.62. The topological polar surface area (TPSA) is 68.2 Å². The summed E-state index contributed by atoms with van der Waals surface area (Å²) >= 11 is 7.87. The maximum Gasteiger partial charge on any atom is 0.243 e. The van der Waals surface area contributed by atoms with Crippen LogP contribution < -0.4 is 11.1 Å². The second-order valence-corrected chi connectivity index (χ2v) is 7.50. The Morgan fingerprint density at radius 1 is 1.48 bits per heavy atom. The lowest BCUT2D eigenvalue weighted by Crippen LogP contribution is -2.37. The van der Waals surface area contributed by atoms with E-state index in [4.69, 9.17) is 17.3 Å². The Morgan fingerprint density at radius 3 is 3.00 bits per heavy atom. The van der Waals surface area contributed by atoms with Crippen molar-refractivity contribution in [2.24, 2.45) is 5.73 Å². The molecule has 0 unspecified atom stereocenters. The summed E-state index contributed by atoms with van der Waals surface area (Å²) in [5, 5.41) is 10.0. The zero-order chi connectivity index (χ0) is 17.4. The first kappa shape index (κ1) is 16.4. The van der Waals surface area contributed by atoms with E-state index in [0.29, 0.717) is 18.3 Å². The summed E-state index contributed by atoms with van der Waals surface area (Å²) in [6.45, 7) is 2.52. The Labute approximate surface area is 155 Å². The molecule has 3 aromatic rings. The molecule has 1 aliphatic carbocycles. The first-order chi connectivity index (χ1) is 12.2. The van der Waals surface area contributed by atoms with Gasteiger partial charge in [-0.2, -0.15) is 4.98 Å². The van der Waals surface area contributed by atoms with Crippen molar-refractivity contribution in [3.05, 3.63) is 45.0 Å². The highest BCUT2D eigenvalue weighted by molar-refractivity contribution is 7.09. The van der Waals surface area contributed by atoms with Gasteiger partial charge in [-0.25, -0.2) is 4.52 Å². The van der Waals surface area contributed by atoms with Crippen LogP contribution in [0.4, 0.5) is 5.82 Å². The quantitative estimate of drug-likeness (QED) is 0.687. The largest absolute Gasteiger partial charge is 0.363 e. The normalized spacial score (nSPS) is 19.3. The molecule has 0 spiro atoms. The molecule has 1 saturated carbocycles. The van der Waals surface area contributed by atoms with Crippen LogP contribution in [0.2, 0.25) is 5.28 Å². The Morgan fingerprint density at radius 2 is 2.36 bits per heavy atom. The maximum absolute atomic E-state index is 6.20. The molecule has 3 heterocycles. The first-order valence-electron chi connectivity index (χ1n) is 8.21. The molecule has 3 aromatic heterocycles. The third kappa shape index (κ3) is 2.99. The summed E-state index contributed by atoms with van der Waals surface area (Å²) < 4.78 is 1.79. The van der Waals surface area contributed by atoms with Crippen molar-refractivity contribution in [1.29, 1.82) is 0 Å². The molecule has 0 radical (unpaired) electrons. The average Bonchev–Trinajstić information content (AvgIpc) is 3.21. The summed E-state index contributed by atoms with van der Waals surface area (Å²) in [5.41, 5.74) is 9.09. The molecule has 7 heteroatoms. The molecule has 0 aliphatic heterocycles. The van der Waals surface area contributed by atoms with E-state index >= 15 is 0 Å². The summed E-state index contributed by atoms with van der Waals surface area (Å²) in [4.78, 5) is 5.62. The number of hydrogen-bond donors (Lipinski definition) is 2. The lowest BCUT2D eigenvalue weighted by Gasteiger charge is -2.33. The fourth-order valence-electron chi connectivity index (χ4n) is 3.20. The molecule has 4 rings (SSSR count). The first-order valence-corrected chi connectivity index (χ1v) is 9.47. The van der Waals surface area contributed by atoms with Crippen molar-refractivity contribution in [3.63, 3.8) is 0 Å². The molecule has 25 heavy (non-hydrogen) atoms. The van der Waals surface area contributed by atoms with Crippen molar-refractivity contribution >= 4 is 34.3 Å². The minimum Gasteiger partial charge on any atom is -0.363 e. The lowest BCUT2D eigenvalue weighted by atomic mass is 9.75. The highest BCUT2D eigenvalue weighted by atomic mass is 35.5. The molecule has 128 valence electrons.